The van der Waals surface area contributed by atoms with Crippen molar-refractivity contribution in [1.82, 2.24) is 20.9 Å². The Bertz CT molecular complexity index is 1190. The van der Waals surface area contributed by atoms with Gasteiger partial charge in [0.1, 0.15) is 12.9 Å². The maximum atomic E-state index is 12.9. The number of carbonyl (C=O) groups is 3. The molecule has 0 aliphatic heterocycles. The molecule has 0 bridgehead atoms. The van der Waals surface area contributed by atoms with Gasteiger partial charge in [0.05, 0.1) is 18.2 Å². The number of aromatic nitrogens is 1. The molecule has 4 atom stereocenters. The van der Waals surface area contributed by atoms with Crippen LogP contribution in [0.15, 0.2) is 85.1 Å². The van der Waals surface area contributed by atoms with Gasteiger partial charge in [-0.3, -0.25) is 4.98 Å². The van der Waals surface area contributed by atoms with Crippen LogP contribution < -0.4 is 16.0 Å². The quantitative estimate of drug-likeness (QED) is 0.206. The molecular formula is C32H40N4O5. The number of alkyl carbamates (subject to hydrolysis) is 1. The summed E-state index contributed by atoms with van der Waals surface area (Å²) in [6, 6.07) is 22.0. The molecule has 3 amide bonds. The van der Waals surface area contributed by atoms with E-state index in [4.69, 9.17) is 4.74 Å². The number of aliphatic hydroxyl groups excluding tert-OH is 1. The average molecular weight is 561 g/mol. The van der Waals surface area contributed by atoms with Gasteiger partial charge in [0.2, 0.25) is 0 Å². The van der Waals surface area contributed by atoms with E-state index in [0.29, 0.717) is 19.3 Å². The number of pyridine rings is 1. The van der Waals surface area contributed by atoms with E-state index < -0.39 is 36.4 Å². The third-order valence-electron chi connectivity index (χ3n) is 6.53. The van der Waals surface area contributed by atoms with Crippen LogP contribution in [0.25, 0.3) is 0 Å². The number of benzene rings is 2. The molecule has 0 radical (unpaired) electrons. The molecule has 1 unspecified atom stereocenters. The van der Waals surface area contributed by atoms with Gasteiger partial charge in [0, 0.05) is 24.4 Å². The molecule has 3 aromatic rings. The fourth-order valence-electron chi connectivity index (χ4n) is 4.54. The van der Waals surface area contributed by atoms with Gasteiger partial charge in [-0.1, -0.05) is 80.6 Å². The summed E-state index contributed by atoms with van der Waals surface area (Å²) in [5.41, 5.74) is 2.50. The van der Waals surface area contributed by atoms with Gasteiger partial charge in [-0.2, -0.15) is 0 Å². The molecular weight excluding hydrogens is 520 g/mol. The Labute approximate surface area is 241 Å². The van der Waals surface area contributed by atoms with Gasteiger partial charge in [0.25, 0.3) is 0 Å². The van der Waals surface area contributed by atoms with E-state index in [1.807, 2.05) is 86.6 Å². The van der Waals surface area contributed by atoms with E-state index in [-0.39, 0.29) is 18.9 Å². The number of aliphatic hydroxyl groups is 1. The van der Waals surface area contributed by atoms with E-state index in [1.54, 1.807) is 12.3 Å². The number of aldehydes is 1. The summed E-state index contributed by atoms with van der Waals surface area (Å²) in [6.07, 6.45) is 2.04. The number of ether oxygens (including phenoxy) is 1. The van der Waals surface area contributed by atoms with Gasteiger partial charge >= 0.3 is 12.1 Å². The van der Waals surface area contributed by atoms with E-state index in [1.165, 1.54) is 0 Å². The van der Waals surface area contributed by atoms with Crippen molar-refractivity contribution in [3.63, 3.8) is 0 Å². The number of amides is 3. The van der Waals surface area contributed by atoms with Gasteiger partial charge in [-0.25, -0.2) is 9.59 Å². The Morgan fingerprint density at radius 2 is 1.51 bits per heavy atom. The largest absolute Gasteiger partial charge is 0.445 e. The summed E-state index contributed by atoms with van der Waals surface area (Å²) < 4.78 is 5.42. The Balaban J connectivity index is 1.72. The Morgan fingerprint density at radius 1 is 0.854 bits per heavy atom. The molecule has 0 saturated heterocycles. The number of nitrogens with zero attached hydrogens (tertiary/aromatic N) is 1. The van der Waals surface area contributed by atoms with Crippen molar-refractivity contribution in [2.24, 2.45) is 5.92 Å². The first-order valence-electron chi connectivity index (χ1n) is 13.9. The summed E-state index contributed by atoms with van der Waals surface area (Å²) in [7, 11) is 0. The highest BCUT2D eigenvalue weighted by Gasteiger charge is 2.27. The van der Waals surface area contributed by atoms with Gasteiger partial charge in [-0.15, -0.1) is 0 Å². The summed E-state index contributed by atoms with van der Waals surface area (Å²) in [4.78, 5) is 41.5. The van der Waals surface area contributed by atoms with Crippen molar-refractivity contribution in [3.8, 4) is 0 Å². The molecule has 2 aromatic carbocycles. The molecule has 0 aliphatic carbocycles. The molecule has 0 saturated carbocycles. The maximum absolute atomic E-state index is 12.9. The van der Waals surface area contributed by atoms with E-state index >= 15 is 0 Å². The summed E-state index contributed by atoms with van der Waals surface area (Å²) in [6.45, 7) is 4.04. The summed E-state index contributed by atoms with van der Waals surface area (Å²) >= 11 is 0. The molecule has 9 nitrogen and oxygen atoms in total. The monoisotopic (exact) mass is 560 g/mol. The molecule has 3 rings (SSSR count). The molecule has 0 fully saturated rings. The first-order chi connectivity index (χ1) is 19.8. The lowest BCUT2D eigenvalue weighted by molar-refractivity contribution is -0.109. The maximum Gasteiger partial charge on any atom is 0.407 e. The second kappa shape index (κ2) is 16.8. The number of urea groups is 1. The molecule has 0 spiro atoms. The topological polar surface area (TPSA) is 130 Å². The van der Waals surface area contributed by atoms with Gasteiger partial charge in [0.15, 0.2) is 0 Å². The van der Waals surface area contributed by atoms with Crippen LogP contribution in [0.2, 0.25) is 0 Å². The number of nitrogens with one attached hydrogen (secondary N) is 3. The van der Waals surface area contributed by atoms with Crippen LogP contribution in [-0.4, -0.2) is 52.7 Å². The predicted molar refractivity (Wildman–Crippen MR) is 157 cm³/mol. The van der Waals surface area contributed by atoms with E-state index in [0.717, 1.165) is 23.1 Å². The minimum atomic E-state index is -1.04. The molecule has 9 heteroatoms. The third-order valence-corrected chi connectivity index (χ3v) is 6.53. The molecule has 41 heavy (non-hydrogen) atoms. The fourth-order valence-corrected chi connectivity index (χ4v) is 4.54. The van der Waals surface area contributed by atoms with Crippen LogP contribution in [0.3, 0.4) is 0 Å². The normalized spacial score (nSPS) is 13.9. The van der Waals surface area contributed by atoms with Crippen LogP contribution in [0.4, 0.5) is 9.59 Å². The Morgan fingerprint density at radius 3 is 2.12 bits per heavy atom. The van der Waals surface area contributed by atoms with Crippen LogP contribution >= 0.6 is 0 Å². The van der Waals surface area contributed by atoms with Crippen molar-refractivity contribution in [1.29, 1.82) is 0 Å². The SMILES string of the molecule is CC(C)C[C@@H](C=O)NC(=O)NC(Cc1ccccn1)C[C@@H](O)[C@H](Cc1ccccc1)NC(=O)OCc1ccccc1. The van der Waals surface area contributed by atoms with Crippen molar-refractivity contribution in [3.05, 3.63) is 102 Å². The zero-order chi connectivity index (χ0) is 29.5. The van der Waals surface area contributed by atoms with E-state index in [9.17, 15) is 19.5 Å². The zero-order valence-corrected chi connectivity index (χ0v) is 23.6. The summed E-state index contributed by atoms with van der Waals surface area (Å²) in [5.74, 6) is 0.225. The number of carbonyl (C=O) groups excluding carboxylic acids is 3. The number of rotatable bonds is 15. The average Bonchev–Trinajstić information content (AvgIpc) is 2.96. The van der Waals surface area contributed by atoms with Gasteiger partial charge in [-0.05, 0) is 48.4 Å². The fraction of sp³-hybridized carbons (Fsp3) is 0.375. The van der Waals surface area contributed by atoms with Crippen molar-refractivity contribution in [2.45, 2.75) is 70.4 Å². The lowest BCUT2D eigenvalue weighted by atomic mass is 9.94. The molecule has 4 N–H and O–H groups in total. The van der Waals surface area contributed by atoms with Crippen LogP contribution in [0.1, 0.15) is 43.5 Å². The van der Waals surface area contributed by atoms with Crippen molar-refractivity contribution < 1.29 is 24.2 Å². The smallest absolute Gasteiger partial charge is 0.407 e. The third kappa shape index (κ3) is 11.8. The number of hydrogen-bond donors (Lipinski definition) is 4. The van der Waals surface area contributed by atoms with Crippen LogP contribution in [-0.2, 0) is 29.0 Å². The van der Waals surface area contributed by atoms with Crippen molar-refractivity contribution in [2.75, 3.05) is 0 Å². The summed E-state index contributed by atoms with van der Waals surface area (Å²) in [5, 5.41) is 19.8. The van der Waals surface area contributed by atoms with Crippen LogP contribution in [0.5, 0.6) is 0 Å². The highest BCUT2D eigenvalue weighted by molar-refractivity contribution is 5.78. The Hall–Kier alpha value is -4.24. The Kier molecular flexibility index (Phi) is 12.8. The minimum Gasteiger partial charge on any atom is -0.445 e. The second-order valence-corrected chi connectivity index (χ2v) is 10.5. The second-order valence-electron chi connectivity index (χ2n) is 10.5. The molecule has 1 aromatic heterocycles. The lowest BCUT2D eigenvalue weighted by Gasteiger charge is -2.28. The van der Waals surface area contributed by atoms with Gasteiger partial charge < -0.3 is 30.6 Å². The first-order valence-corrected chi connectivity index (χ1v) is 13.9. The zero-order valence-electron chi connectivity index (χ0n) is 23.6. The van der Waals surface area contributed by atoms with Crippen LogP contribution in [0, 0.1) is 5.92 Å². The molecule has 218 valence electrons. The highest BCUT2D eigenvalue weighted by Crippen LogP contribution is 2.14. The number of hydrogen-bond acceptors (Lipinski definition) is 6. The predicted octanol–water partition coefficient (Wildman–Crippen LogP) is 4.19. The first kappa shape index (κ1) is 31.3. The molecule has 1 heterocycles. The van der Waals surface area contributed by atoms with Crippen molar-refractivity contribution >= 4 is 18.4 Å². The molecule has 0 aliphatic rings. The van der Waals surface area contributed by atoms with E-state index in [2.05, 4.69) is 20.9 Å². The highest BCUT2D eigenvalue weighted by atomic mass is 16.5. The standard InChI is InChI=1S/C32H40N4O5/c1-23(2)17-28(21-37)35-31(39)34-27(19-26-15-9-10-16-33-26)20-30(38)29(18-24-11-5-3-6-12-24)36-32(40)41-22-25-13-7-4-8-14-25/h3-16,21,23,27-30,38H,17-20,22H2,1-2H3,(H,36,40)(H2,34,35,39)/t27?,28-,29-,30+/m0/s1. The lowest BCUT2D eigenvalue weighted by Crippen LogP contribution is -2.51. The minimum absolute atomic E-state index is 0.0964.